The summed E-state index contributed by atoms with van der Waals surface area (Å²) >= 11 is 6.41. The molecule has 1 atom stereocenters. The van der Waals surface area contributed by atoms with E-state index in [1.165, 1.54) is 34.6 Å². The summed E-state index contributed by atoms with van der Waals surface area (Å²) in [5.41, 5.74) is 2.75. The standard InChI is InChI=1S/C14H22S2/c1-4-5-13(9-15)10-16-14-8-11(2)6-7-12(14)3/h6-8,13,15H,4-5,9-10H2,1-3H3. The molecule has 1 rings (SSSR count). The molecule has 2 heteroatoms. The Morgan fingerprint density at radius 3 is 2.69 bits per heavy atom. The van der Waals surface area contributed by atoms with Crippen molar-refractivity contribution in [3.63, 3.8) is 0 Å². The molecular weight excluding hydrogens is 232 g/mol. The van der Waals surface area contributed by atoms with E-state index in [4.69, 9.17) is 0 Å². The number of thiol groups is 1. The quantitative estimate of drug-likeness (QED) is 0.565. The number of hydrogen-bond acceptors (Lipinski definition) is 2. The Labute approximate surface area is 110 Å². The maximum atomic E-state index is 4.43. The predicted molar refractivity (Wildman–Crippen MR) is 78.9 cm³/mol. The third kappa shape index (κ3) is 4.42. The van der Waals surface area contributed by atoms with Crippen LogP contribution in [0.2, 0.25) is 0 Å². The van der Waals surface area contributed by atoms with Crippen LogP contribution in [0.4, 0.5) is 0 Å². The highest BCUT2D eigenvalue weighted by Gasteiger charge is 2.07. The molecule has 0 aliphatic carbocycles. The van der Waals surface area contributed by atoms with Gasteiger partial charge in [0.05, 0.1) is 0 Å². The number of aryl methyl sites for hydroxylation is 2. The molecule has 0 N–H and O–H groups in total. The zero-order chi connectivity index (χ0) is 12.0. The molecular formula is C14H22S2. The highest BCUT2D eigenvalue weighted by Crippen LogP contribution is 2.27. The molecule has 1 aromatic carbocycles. The van der Waals surface area contributed by atoms with Crippen LogP contribution in [0.3, 0.4) is 0 Å². The van der Waals surface area contributed by atoms with Crippen molar-refractivity contribution < 1.29 is 0 Å². The molecule has 0 saturated heterocycles. The second-order valence-electron chi connectivity index (χ2n) is 4.42. The van der Waals surface area contributed by atoms with Crippen LogP contribution in [-0.2, 0) is 0 Å². The summed E-state index contributed by atoms with van der Waals surface area (Å²) in [4.78, 5) is 1.43. The molecule has 90 valence electrons. The fraction of sp³-hybridized carbons (Fsp3) is 0.571. The first kappa shape index (κ1) is 14.0. The molecule has 0 amide bonds. The van der Waals surface area contributed by atoms with Gasteiger partial charge in [-0.05, 0) is 43.6 Å². The number of thioether (sulfide) groups is 1. The summed E-state index contributed by atoms with van der Waals surface area (Å²) in [6.07, 6.45) is 2.56. The van der Waals surface area contributed by atoms with Crippen LogP contribution in [-0.4, -0.2) is 11.5 Å². The zero-order valence-corrected chi connectivity index (χ0v) is 12.2. The number of hydrogen-bond donors (Lipinski definition) is 1. The average molecular weight is 254 g/mol. The first-order chi connectivity index (χ1) is 7.67. The minimum atomic E-state index is 0.748. The lowest BCUT2D eigenvalue weighted by Crippen LogP contribution is -2.05. The SMILES string of the molecule is CCCC(CS)CSc1cc(C)ccc1C. The maximum absolute atomic E-state index is 4.43. The van der Waals surface area contributed by atoms with Crippen molar-refractivity contribution in [1.29, 1.82) is 0 Å². The Kier molecular flexibility index (Phi) is 6.37. The van der Waals surface area contributed by atoms with E-state index in [9.17, 15) is 0 Å². The van der Waals surface area contributed by atoms with Crippen molar-refractivity contribution in [2.24, 2.45) is 5.92 Å². The van der Waals surface area contributed by atoms with E-state index in [-0.39, 0.29) is 0 Å². The van der Waals surface area contributed by atoms with Gasteiger partial charge in [0.25, 0.3) is 0 Å². The van der Waals surface area contributed by atoms with Crippen LogP contribution >= 0.6 is 24.4 Å². The molecule has 0 radical (unpaired) electrons. The Hall–Kier alpha value is -0.0800. The third-order valence-electron chi connectivity index (χ3n) is 2.77. The summed E-state index contributed by atoms with van der Waals surface area (Å²) in [7, 11) is 0. The second kappa shape index (κ2) is 7.29. The highest BCUT2D eigenvalue weighted by atomic mass is 32.2. The average Bonchev–Trinajstić information content (AvgIpc) is 2.28. The molecule has 0 aliphatic rings. The summed E-state index contributed by atoms with van der Waals surface area (Å²) in [6, 6.07) is 6.69. The molecule has 0 saturated carbocycles. The first-order valence-electron chi connectivity index (χ1n) is 5.98. The van der Waals surface area contributed by atoms with Gasteiger partial charge in [-0.25, -0.2) is 0 Å². The fourth-order valence-electron chi connectivity index (χ4n) is 1.71. The largest absolute Gasteiger partial charge is 0.179 e. The maximum Gasteiger partial charge on any atom is 0.0104 e. The van der Waals surface area contributed by atoms with Crippen molar-refractivity contribution in [2.75, 3.05) is 11.5 Å². The van der Waals surface area contributed by atoms with E-state index < -0.39 is 0 Å². The van der Waals surface area contributed by atoms with Gasteiger partial charge in [0.15, 0.2) is 0 Å². The number of rotatable bonds is 6. The van der Waals surface area contributed by atoms with Gasteiger partial charge in [-0.1, -0.05) is 31.0 Å². The first-order valence-corrected chi connectivity index (χ1v) is 7.60. The van der Waals surface area contributed by atoms with E-state index in [1.807, 2.05) is 11.8 Å². The summed E-state index contributed by atoms with van der Waals surface area (Å²) in [6.45, 7) is 6.60. The van der Waals surface area contributed by atoms with E-state index >= 15 is 0 Å². The lowest BCUT2D eigenvalue weighted by atomic mass is 10.1. The predicted octanol–water partition coefficient (Wildman–Crippen LogP) is 4.74. The van der Waals surface area contributed by atoms with Gasteiger partial charge < -0.3 is 0 Å². The molecule has 0 aliphatic heterocycles. The summed E-state index contributed by atoms with van der Waals surface area (Å²) < 4.78 is 0. The van der Waals surface area contributed by atoms with Gasteiger partial charge in [0, 0.05) is 10.6 Å². The van der Waals surface area contributed by atoms with Gasteiger partial charge in [-0.2, -0.15) is 12.6 Å². The molecule has 0 spiro atoms. The molecule has 0 fully saturated rings. The summed E-state index contributed by atoms with van der Waals surface area (Å²) in [5, 5.41) is 0. The van der Waals surface area contributed by atoms with Gasteiger partial charge in [-0.3, -0.25) is 0 Å². The molecule has 16 heavy (non-hydrogen) atoms. The van der Waals surface area contributed by atoms with Crippen LogP contribution in [0, 0.1) is 19.8 Å². The van der Waals surface area contributed by atoms with E-state index in [0.717, 1.165) is 11.7 Å². The Bertz CT molecular complexity index is 321. The Balaban J connectivity index is 2.55. The highest BCUT2D eigenvalue weighted by molar-refractivity contribution is 7.99. The van der Waals surface area contributed by atoms with Crippen molar-refractivity contribution >= 4 is 24.4 Å². The lowest BCUT2D eigenvalue weighted by Gasteiger charge is -2.14. The van der Waals surface area contributed by atoms with Gasteiger partial charge >= 0.3 is 0 Å². The normalized spacial score (nSPS) is 12.8. The van der Waals surface area contributed by atoms with Gasteiger partial charge in [0.1, 0.15) is 0 Å². The van der Waals surface area contributed by atoms with Crippen molar-refractivity contribution in [3.8, 4) is 0 Å². The van der Waals surface area contributed by atoms with Crippen LogP contribution in [0.25, 0.3) is 0 Å². The van der Waals surface area contributed by atoms with E-state index in [0.29, 0.717) is 0 Å². The van der Waals surface area contributed by atoms with Crippen molar-refractivity contribution in [3.05, 3.63) is 29.3 Å². The van der Waals surface area contributed by atoms with E-state index in [1.54, 1.807) is 0 Å². The van der Waals surface area contributed by atoms with Crippen molar-refractivity contribution in [2.45, 2.75) is 38.5 Å². The monoisotopic (exact) mass is 254 g/mol. The smallest absolute Gasteiger partial charge is 0.0104 e. The molecule has 0 heterocycles. The second-order valence-corrected chi connectivity index (χ2v) is 5.84. The molecule has 0 bridgehead atoms. The lowest BCUT2D eigenvalue weighted by molar-refractivity contribution is 0.595. The fourth-order valence-corrected chi connectivity index (χ4v) is 3.46. The minimum absolute atomic E-state index is 0.748. The van der Waals surface area contributed by atoms with E-state index in [2.05, 4.69) is 51.6 Å². The molecule has 1 aromatic rings. The van der Waals surface area contributed by atoms with Crippen molar-refractivity contribution in [1.82, 2.24) is 0 Å². The Morgan fingerprint density at radius 1 is 1.31 bits per heavy atom. The van der Waals surface area contributed by atoms with Crippen LogP contribution in [0.1, 0.15) is 30.9 Å². The van der Waals surface area contributed by atoms with Gasteiger partial charge in [0.2, 0.25) is 0 Å². The number of benzene rings is 1. The molecule has 0 aromatic heterocycles. The molecule has 1 unspecified atom stereocenters. The van der Waals surface area contributed by atoms with Crippen LogP contribution in [0.5, 0.6) is 0 Å². The minimum Gasteiger partial charge on any atom is -0.179 e. The zero-order valence-electron chi connectivity index (χ0n) is 10.5. The van der Waals surface area contributed by atoms with Crippen LogP contribution in [0.15, 0.2) is 23.1 Å². The summed E-state index contributed by atoms with van der Waals surface area (Å²) in [5.74, 6) is 2.95. The van der Waals surface area contributed by atoms with Crippen LogP contribution < -0.4 is 0 Å². The molecule has 0 nitrogen and oxygen atoms in total. The van der Waals surface area contributed by atoms with Gasteiger partial charge in [-0.15, -0.1) is 11.8 Å². The third-order valence-corrected chi connectivity index (χ3v) is 4.68. The Morgan fingerprint density at radius 2 is 2.06 bits per heavy atom. The topological polar surface area (TPSA) is 0 Å².